The number of morpholine rings is 1. The van der Waals surface area contributed by atoms with Gasteiger partial charge in [0.15, 0.2) is 0 Å². The zero-order chi connectivity index (χ0) is 18.5. The van der Waals surface area contributed by atoms with Gasteiger partial charge in [-0.2, -0.15) is 0 Å². The molecule has 0 radical (unpaired) electrons. The molecule has 2 amide bonds. The molecule has 0 saturated carbocycles. The smallest absolute Gasteiger partial charge is 0.246 e. The molecule has 3 heterocycles. The number of carbonyl (C=O) groups is 2. The standard InChI is InChI=1S/C18H24BrN3O3S/c1-14(18(24)22-8-10-25-11-9-22)20-4-6-21(7-5-20)17(23)3-2-15-12-16(19)26-13-15/h2-3,12-14H,4-11H2,1H3. The van der Waals surface area contributed by atoms with Crippen LogP contribution in [0.25, 0.3) is 6.08 Å². The summed E-state index contributed by atoms with van der Waals surface area (Å²) in [5.41, 5.74) is 1.03. The molecule has 8 heteroatoms. The van der Waals surface area contributed by atoms with Gasteiger partial charge in [-0.15, -0.1) is 11.3 Å². The quantitative estimate of drug-likeness (QED) is 0.669. The topological polar surface area (TPSA) is 53.1 Å². The van der Waals surface area contributed by atoms with Crippen molar-refractivity contribution in [1.29, 1.82) is 0 Å². The predicted octanol–water partition coefficient (Wildman–Crippen LogP) is 1.92. The van der Waals surface area contributed by atoms with Crippen LogP contribution in [0.3, 0.4) is 0 Å². The summed E-state index contributed by atoms with van der Waals surface area (Å²) in [7, 11) is 0. The SMILES string of the molecule is CC(C(=O)N1CCOCC1)N1CCN(C(=O)C=Cc2csc(Br)c2)CC1. The number of carbonyl (C=O) groups excluding carboxylic acids is 2. The van der Waals surface area contributed by atoms with Crippen LogP contribution in [0, 0.1) is 0 Å². The minimum Gasteiger partial charge on any atom is -0.378 e. The third-order valence-electron chi connectivity index (χ3n) is 4.86. The number of piperazine rings is 1. The zero-order valence-electron chi connectivity index (χ0n) is 14.9. The van der Waals surface area contributed by atoms with Crippen LogP contribution < -0.4 is 0 Å². The van der Waals surface area contributed by atoms with E-state index >= 15 is 0 Å². The highest BCUT2D eigenvalue weighted by Gasteiger charge is 2.30. The van der Waals surface area contributed by atoms with Crippen molar-refractivity contribution >= 4 is 45.2 Å². The van der Waals surface area contributed by atoms with Gasteiger partial charge in [0.25, 0.3) is 0 Å². The number of halogens is 1. The number of hydrogen-bond acceptors (Lipinski definition) is 5. The van der Waals surface area contributed by atoms with Gasteiger partial charge in [-0.3, -0.25) is 14.5 Å². The Morgan fingerprint density at radius 2 is 1.85 bits per heavy atom. The number of thiophene rings is 1. The molecule has 0 N–H and O–H groups in total. The van der Waals surface area contributed by atoms with Crippen LogP contribution in [-0.2, 0) is 14.3 Å². The minimum absolute atomic E-state index is 0.0270. The largest absolute Gasteiger partial charge is 0.378 e. The second kappa shape index (κ2) is 9.12. The lowest BCUT2D eigenvalue weighted by Gasteiger charge is -2.39. The van der Waals surface area contributed by atoms with Crippen molar-refractivity contribution < 1.29 is 14.3 Å². The predicted molar refractivity (Wildman–Crippen MR) is 106 cm³/mol. The first-order valence-electron chi connectivity index (χ1n) is 8.86. The van der Waals surface area contributed by atoms with Crippen LogP contribution in [0.1, 0.15) is 12.5 Å². The highest BCUT2D eigenvalue weighted by Crippen LogP contribution is 2.21. The van der Waals surface area contributed by atoms with E-state index in [1.165, 1.54) is 0 Å². The Kier molecular flexibility index (Phi) is 6.86. The van der Waals surface area contributed by atoms with Gasteiger partial charge in [0, 0.05) is 45.3 Å². The van der Waals surface area contributed by atoms with Crippen LogP contribution in [-0.4, -0.2) is 85.0 Å². The fraction of sp³-hybridized carbons (Fsp3) is 0.556. The number of rotatable bonds is 4. The van der Waals surface area contributed by atoms with Crippen molar-refractivity contribution in [2.24, 2.45) is 0 Å². The number of hydrogen-bond donors (Lipinski definition) is 0. The first-order valence-corrected chi connectivity index (χ1v) is 10.5. The maximum absolute atomic E-state index is 12.6. The molecule has 1 aromatic heterocycles. The highest BCUT2D eigenvalue weighted by atomic mass is 79.9. The molecule has 0 aliphatic carbocycles. The van der Waals surface area contributed by atoms with Crippen molar-refractivity contribution in [3.8, 4) is 0 Å². The number of amides is 2. The lowest BCUT2D eigenvalue weighted by Crippen LogP contribution is -2.56. The van der Waals surface area contributed by atoms with Gasteiger partial charge in [0.1, 0.15) is 0 Å². The summed E-state index contributed by atoms with van der Waals surface area (Å²) in [6, 6.07) is 1.84. The molecule has 2 fully saturated rings. The molecule has 3 rings (SSSR count). The molecule has 0 bridgehead atoms. The number of ether oxygens (including phenoxy) is 1. The monoisotopic (exact) mass is 441 g/mol. The van der Waals surface area contributed by atoms with E-state index in [2.05, 4.69) is 20.8 Å². The van der Waals surface area contributed by atoms with E-state index in [0.29, 0.717) is 39.4 Å². The molecule has 2 aliphatic heterocycles. The van der Waals surface area contributed by atoms with E-state index in [9.17, 15) is 9.59 Å². The summed E-state index contributed by atoms with van der Waals surface area (Å²) in [5.74, 6) is 0.190. The number of nitrogens with zero attached hydrogens (tertiary/aromatic N) is 3. The summed E-state index contributed by atoms with van der Waals surface area (Å²) < 4.78 is 6.36. The molecule has 6 nitrogen and oxygen atoms in total. The molecule has 1 atom stereocenters. The van der Waals surface area contributed by atoms with E-state index in [4.69, 9.17) is 4.74 Å². The highest BCUT2D eigenvalue weighted by molar-refractivity contribution is 9.11. The lowest BCUT2D eigenvalue weighted by atomic mass is 10.2. The zero-order valence-corrected chi connectivity index (χ0v) is 17.3. The third kappa shape index (κ3) is 4.94. The van der Waals surface area contributed by atoms with Gasteiger partial charge in [0.05, 0.1) is 23.0 Å². The van der Waals surface area contributed by atoms with E-state index < -0.39 is 0 Å². The summed E-state index contributed by atoms with van der Waals surface area (Å²) in [6.45, 7) is 7.29. The Morgan fingerprint density at radius 1 is 1.15 bits per heavy atom. The summed E-state index contributed by atoms with van der Waals surface area (Å²) in [5, 5.41) is 2.00. The maximum Gasteiger partial charge on any atom is 0.246 e. The van der Waals surface area contributed by atoms with E-state index in [1.807, 2.05) is 34.2 Å². The molecule has 0 spiro atoms. The van der Waals surface area contributed by atoms with Crippen LogP contribution in [0.5, 0.6) is 0 Å². The van der Waals surface area contributed by atoms with Crippen molar-refractivity contribution in [2.75, 3.05) is 52.5 Å². The van der Waals surface area contributed by atoms with Gasteiger partial charge < -0.3 is 14.5 Å². The van der Waals surface area contributed by atoms with Gasteiger partial charge in [-0.05, 0) is 45.9 Å². The summed E-state index contributed by atoms with van der Waals surface area (Å²) in [6.07, 6.45) is 3.48. The van der Waals surface area contributed by atoms with Crippen LogP contribution in [0.4, 0.5) is 0 Å². The molecule has 26 heavy (non-hydrogen) atoms. The van der Waals surface area contributed by atoms with Gasteiger partial charge in [-0.25, -0.2) is 0 Å². The summed E-state index contributed by atoms with van der Waals surface area (Å²) in [4.78, 5) is 30.9. The molecule has 142 valence electrons. The van der Waals surface area contributed by atoms with Gasteiger partial charge in [0.2, 0.25) is 11.8 Å². The summed E-state index contributed by atoms with van der Waals surface area (Å²) >= 11 is 5.02. The van der Waals surface area contributed by atoms with Crippen LogP contribution in [0.2, 0.25) is 0 Å². The Morgan fingerprint density at radius 3 is 2.46 bits per heavy atom. The Labute approximate surface area is 166 Å². The molecule has 0 aromatic carbocycles. The van der Waals surface area contributed by atoms with Crippen molar-refractivity contribution in [3.05, 3.63) is 26.9 Å². The first-order chi connectivity index (χ1) is 12.5. The van der Waals surface area contributed by atoms with Gasteiger partial charge in [-0.1, -0.05) is 0 Å². The Balaban J connectivity index is 1.47. The van der Waals surface area contributed by atoms with Crippen LogP contribution >= 0.6 is 27.3 Å². The average molecular weight is 442 g/mol. The molecular weight excluding hydrogens is 418 g/mol. The van der Waals surface area contributed by atoms with Crippen molar-refractivity contribution in [3.63, 3.8) is 0 Å². The molecule has 2 aliphatic rings. The molecule has 1 aromatic rings. The van der Waals surface area contributed by atoms with Gasteiger partial charge >= 0.3 is 0 Å². The van der Waals surface area contributed by atoms with E-state index in [1.54, 1.807) is 17.4 Å². The first kappa shape index (κ1) is 19.5. The Hall–Kier alpha value is -1.22. The maximum atomic E-state index is 12.6. The lowest BCUT2D eigenvalue weighted by molar-refractivity contribution is -0.141. The molecule has 1 unspecified atom stereocenters. The molecular formula is C18H24BrN3O3S. The fourth-order valence-corrected chi connectivity index (χ4v) is 4.36. The third-order valence-corrected chi connectivity index (χ3v) is 6.38. The van der Waals surface area contributed by atoms with Crippen molar-refractivity contribution in [1.82, 2.24) is 14.7 Å². The fourth-order valence-electron chi connectivity index (χ4n) is 3.22. The van der Waals surface area contributed by atoms with E-state index in [-0.39, 0.29) is 17.9 Å². The second-order valence-electron chi connectivity index (χ2n) is 6.49. The second-order valence-corrected chi connectivity index (χ2v) is 8.78. The minimum atomic E-state index is -0.149. The van der Waals surface area contributed by atoms with Crippen molar-refractivity contribution in [2.45, 2.75) is 13.0 Å². The van der Waals surface area contributed by atoms with Crippen LogP contribution in [0.15, 0.2) is 21.3 Å². The molecule has 2 saturated heterocycles. The Bertz CT molecular complexity index is 664. The normalized spacial score (nSPS) is 20.5. The average Bonchev–Trinajstić information content (AvgIpc) is 3.11. The van der Waals surface area contributed by atoms with E-state index in [0.717, 1.165) is 22.4 Å².